The van der Waals surface area contributed by atoms with E-state index in [0.717, 1.165) is 18.7 Å². The molecule has 0 radical (unpaired) electrons. The molecule has 0 aromatic heterocycles. The molecule has 1 N–H and O–H groups in total. The second-order valence-electron chi connectivity index (χ2n) is 6.38. The number of hydrogen-bond acceptors (Lipinski definition) is 4. The maximum atomic E-state index is 12.6. The lowest BCUT2D eigenvalue weighted by atomic mass is 9.89. The van der Waals surface area contributed by atoms with E-state index in [9.17, 15) is 8.42 Å². The number of sulfonamides is 1. The van der Waals surface area contributed by atoms with Crippen molar-refractivity contribution in [2.75, 3.05) is 32.8 Å². The molecular formula is C19H24ClN2O3S-. The number of halogens is 1. The number of nitrogens with zero attached hydrogens (tertiary/aromatic N) is 1. The van der Waals surface area contributed by atoms with Crippen LogP contribution in [-0.4, -0.2) is 46.2 Å². The number of ether oxygens (including phenoxy) is 1. The number of hydrogen-bond donors (Lipinski definition) is 1. The van der Waals surface area contributed by atoms with Gasteiger partial charge in [0.2, 0.25) is 10.0 Å². The van der Waals surface area contributed by atoms with Crippen LogP contribution in [0.4, 0.5) is 0 Å². The average molecular weight is 396 g/mol. The molecule has 1 atom stereocenters. The Labute approximate surface area is 161 Å². The summed E-state index contributed by atoms with van der Waals surface area (Å²) in [4.78, 5) is 2.58. The van der Waals surface area contributed by atoms with Gasteiger partial charge in [-0.3, -0.25) is 4.90 Å². The summed E-state index contributed by atoms with van der Waals surface area (Å²) in [7, 11) is -3.55. The van der Waals surface area contributed by atoms with Gasteiger partial charge in [-0.25, -0.2) is 13.1 Å². The molecule has 3 rings (SSSR count). The van der Waals surface area contributed by atoms with Crippen molar-refractivity contribution in [3.05, 3.63) is 66.2 Å². The minimum absolute atomic E-state index is 0. The zero-order valence-corrected chi connectivity index (χ0v) is 16.3. The van der Waals surface area contributed by atoms with Gasteiger partial charge in [0.05, 0.1) is 23.6 Å². The summed E-state index contributed by atoms with van der Waals surface area (Å²) in [6.07, 6.45) is 0. The Hall–Kier alpha value is -1.44. The molecule has 1 aliphatic heterocycles. The molecule has 0 amide bonds. The van der Waals surface area contributed by atoms with Gasteiger partial charge in [0.1, 0.15) is 0 Å². The lowest BCUT2D eigenvalue weighted by Crippen LogP contribution is -3.00. The normalized spacial score (nSPS) is 17.9. The van der Waals surface area contributed by atoms with E-state index in [2.05, 4.69) is 16.5 Å². The largest absolute Gasteiger partial charge is 1.00 e. The van der Waals surface area contributed by atoms with E-state index < -0.39 is 15.6 Å². The third-order valence-electron chi connectivity index (χ3n) is 4.76. The maximum absolute atomic E-state index is 12.6. The minimum atomic E-state index is -3.55. The molecule has 1 fully saturated rings. The first-order valence-electron chi connectivity index (χ1n) is 8.45. The van der Waals surface area contributed by atoms with Crippen LogP contribution in [0.15, 0.2) is 65.6 Å². The van der Waals surface area contributed by atoms with Gasteiger partial charge in [-0.15, -0.1) is 0 Å². The topological polar surface area (TPSA) is 58.6 Å². The second-order valence-corrected chi connectivity index (χ2v) is 8.14. The van der Waals surface area contributed by atoms with Crippen LogP contribution >= 0.6 is 0 Å². The Bertz CT molecular complexity index is 781. The molecule has 1 unspecified atom stereocenters. The molecular weight excluding hydrogens is 372 g/mol. The summed E-state index contributed by atoms with van der Waals surface area (Å²) in [6, 6.07) is 18.5. The van der Waals surface area contributed by atoms with Gasteiger partial charge in [0, 0.05) is 19.6 Å². The lowest BCUT2D eigenvalue weighted by Gasteiger charge is -2.43. The van der Waals surface area contributed by atoms with Gasteiger partial charge in [-0.2, -0.15) is 0 Å². The molecule has 2 aromatic carbocycles. The molecule has 1 heterocycles. The molecule has 0 aliphatic carbocycles. The molecule has 0 saturated carbocycles. The van der Waals surface area contributed by atoms with E-state index >= 15 is 0 Å². The van der Waals surface area contributed by atoms with Gasteiger partial charge in [-0.1, -0.05) is 48.5 Å². The predicted molar refractivity (Wildman–Crippen MR) is 97.8 cm³/mol. The van der Waals surface area contributed by atoms with Crippen LogP contribution < -0.4 is 17.1 Å². The smallest absolute Gasteiger partial charge is 0.240 e. The summed E-state index contributed by atoms with van der Waals surface area (Å²) >= 11 is 0. The molecule has 142 valence electrons. The van der Waals surface area contributed by atoms with E-state index in [1.807, 2.05) is 30.3 Å². The third-order valence-corrected chi connectivity index (χ3v) is 6.18. The van der Waals surface area contributed by atoms with Gasteiger partial charge in [0.15, 0.2) is 0 Å². The molecule has 0 spiro atoms. The van der Waals surface area contributed by atoms with Crippen LogP contribution in [0, 0.1) is 0 Å². The first kappa shape index (κ1) is 20.9. The van der Waals surface area contributed by atoms with Crippen molar-refractivity contribution in [2.24, 2.45) is 0 Å². The van der Waals surface area contributed by atoms with Crippen molar-refractivity contribution in [1.82, 2.24) is 9.62 Å². The predicted octanol–water partition coefficient (Wildman–Crippen LogP) is -0.783. The summed E-state index contributed by atoms with van der Waals surface area (Å²) in [5.41, 5.74) is 0.653. The molecule has 26 heavy (non-hydrogen) atoms. The zero-order valence-electron chi connectivity index (χ0n) is 14.8. The van der Waals surface area contributed by atoms with Gasteiger partial charge in [0.25, 0.3) is 0 Å². The van der Waals surface area contributed by atoms with Gasteiger partial charge >= 0.3 is 0 Å². The number of benzene rings is 2. The van der Waals surface area contributed by atoms with E-state index in [-0.39, 0.29) is 17.3 Å². The summed E-state index contributed by atoms with van der Waals surface area (Å²) in [6.45, 7) is 5.26. The van der Waals surface area contributed by atoms with Gasteiger partial charge in [-0.05, 0) is 24.6 Å². The van der Waals surface area contributed by atoms with Crippen molar-refractivity contribution in [3.63, 3.8) is 0 Å². The number of morpholine rings is 1. The van der Waals surface area contributed by atoms with Crippen molar-refractivity contribution in [3.8, 4) is 0 Å². The highest BCUT2D eigenvalue weighted by molar-refractivity contribution is 7.89. The number of nitrogens with one attached hydrogen (secondary N) is 1. The quantitative estimate of drug-likeness (QED) is 0.697. The zero-order chi connectivity index (χ0) is 17.8. The maximum Gasteiger partial charge on any atom is 0.240 e. The summed E-state index contributed by atoms with van der Waals surface area (Å²) in [5, 5.41) is 0. The fourth-order valence-corrected chi connectivity index (χ4v) is 4.32. The lowest BCUT2D eigenvalue weighted by molar-refractivity contribution is -0.0164. The van der Waals surface area contributed by atoms with Gasteiger partial charge < -0.3 is 17.1 Å². The first-order chi connectivity index (χ1) is 12.0. The highest BCUT2D eigenvalue weighted by atomic mass is 35.5. The van der Waals surface area contributed by atoms with Crippen molar-refractivity contribution >= 4 is 10.0 Å². The van der Waals surface area contributed by atoms with Crippen molar-refractivity contribution in [1.29, 1.82) is 0 Å². The number of rotatable bonds is 6. The standard InChI is InChI=1S/C19H24N2O3S.ClH/c1-19(17-8-4-2-5-9-17,21-12-14-24-15-13-21)16-20-25(22,23)18-10-6-3-7-11-18;/h2-11,20H,12-16H2,1H3;1H/p-1. The second kappa shape index (κ2) is 8.97. The van der Waals surface area contributed by atoms with E-state index in [4.69, 9.17) is 4.74 Å². The third kappa shape index (κ3) is 4.64. The molecule has 7 heteroatoms. The Kier molecular flexibility index (Phi) is 7.20. The SMILES string of the molecule is CC(CNS(=O)(=O)c1ccccc1)(c1ccccc1)N1CCOCC1.[Cl-]. The van der Waals surface area contributed by atoms with Crippen LogP contribution in [0.5, 0.6) is 0 Å². The van der Waals surface area contributed by atoms with Crippen molar-refractivity contribution < 1.29 is 25.6 Å². The van der Waals surface area contributed by atoms with Crippen LogP contribution in [0.1, 0.15) is 12.5 Å². The highest BCUT2D eigenvalue weighted by Gasteiger charge is 2.35. The van der Waals surface area contributed by atoms with E-state index in [0.29, 0.717) is 19.8 Å². The van der Waals surface area contributed by atoms with E-state index in [1.165, 1.54) is 0 Å². The van der Waals surface area contributed by atoms with E-state index in [1.54, 1.807) is 30.3 Å². The Morgan fingerprint density at radius 2 is 1.54 bits per heavy atom. The summed E-state index contributed by atoms with van der Waals surface area (Å²) < 4.78 is 33.5. The Morgan fingerprint density at radius 3 is 2.12 bits per heavy atom. The van der Waals surface area contributed by atoms with Crippen LogP contribution in [-0.2, 0) is 20.3 Å². The summed E-state index contributed by atoms with van der Waals surface area (Å²) in [5.74, 6) is 0. The van der Waals surface area contributed by atoms with Crippen LogP contribution in [0.3, 0.4) is 0 Å². The molecule has 2 aromatic rings. The molecule has 0 bridgehead atoms. The Morgan fingerprint density at radius 1 is 1.00 bits per heavy atom. The van der Waals surface area contributed by atoms with Crippen LogP contribution in [0.2, 0.25) is 0 Å². The fourth-order valence-electron chi connectivity index (χ4n) is 3.17. The monoisotopic (exact) mass is 395 g/mol. The molecule has 1 aliphatic rings. The van der Waals surface area contributed by atoms with Crippen LogP contribution in [0.25, 0.3) is 0 Å². The Balaban J connectivity index is 0.00000243. The minimum Gasteiger partial charge on any atom is -1.00 e. The molecule has 5 nitrogen and oxygen atoms in total. The first-order valence-corrected chi connectivity index (χ1v) is 9.94. The average Bonchev–Trinajstić information content (AvgIpc) is 2.68. The van der Waals surface area contributed by atoms with Crippen molar-refractivity contribution in [2.45, 2.75) is 17.4 Å². The highest BCUT2D eigenvalue weighted by Crippen LogP contribution is 2.29. The molecule has 1 saturated heterocycles. The fraction of sp³-hybridized carbons (Fsp3) is 0.368.